The third-order valence-electron chi connectivity index (χ3n) is 5.35. The fraction of sp³-hybridized carbons (Fsp3) is 0.619. The highest BCUT2D eigenvalue weighted by atomic mass is 32.2. The van der Waals surface area contributed by atoms with Crippen molar-refractivity contribution < 1.29 is 37.0 Å². The van der Waals surface area contributed by atoms with Gasteiger partial charge in [0.05, 0.1) is 38.1 Å². The van der Waals surface area contributed by atoms with Crippen molar-refractivity contribution in [3.05, 3.63) is 23.8 Å². The van der Waals surface area contributed by atoms with Gasteiger partial charge in [0.1, 0.15) is 10.6 Å². The number of nitrogens with zero attached hydrogens (tertiary/aromatic N) is 2. The number of hydrogen-bond donors (Lipinski definition) is 0. The number of carbonyl (C=O) groups excluding carboxylic acids is 2. The number of morpholine rings is 2. The van der Waals surface area contributed by atoms with Crippen molar-refractivity contribution in [3.63, 3.8) is 0 Å². The van der Waals surface area contributed by atoms with E-state index in [0.717, 1.165) is 0 Å². The molecule has 0 N–H and O–H groups in total. The Kier molecular flexibility index (Phi) is 7.75. The Labute approximate surface area is 188 Å². The number of benzene rings is 1. The monoisotopic (exact) mass is 470 g/mol. The summed E-state index contributed by atoms with van der Waals surface area (Å²) in [6.07, 6.45) is -1.25. The van der Waals surface area contributed by atoms with Crippen LogP contribution < -0.4 is 4.74 Å². The van der Waals surface area contributed by atoms with Crippen LogP contribution >= 0.6 is 0 Å². The SMILES string of the molecule is COc1ccc(C(=O)OC(C)C(=O)N2CC(C)OC(C)C2)cc1S(=O)(=O)N1CCOCC1. The highest BCUT2D eigenvalue weighted by Gasteiger charge is 2.32. The van der Waals surface area contributed by atoms with Gasteiger partial charge >= 0.3 is 5.97 Å². The molecule has 3 rings (SSSR count). The van der Waals surface area contributed by atoms with Crippen molar-refractivity contribution in [1.82, 2.24) is 9.21 Å². The lowest BCUT2D eigenvalue weighted by Crippen LogP contribution is -2.51. The second-order valence-corrected chi connectivity index (χ2v) is 9.84. The molecule has 11 heteroatoms. The van der Waals surface area contributed by atoms with E-state index in [4.69, 9.17) is 18.9 Å². The van der Waals surface area contributed by atoms with Crippen LogP contribution in [-0.2, 0) is 29.0 Å². The van der Waals surface area contributed by atoms with Gasteiger partial charge < -0.3 is 23.8 Å². The summed E-state index contributed by atoms with van der Waals surface area (Å²) in [6.45, 7) is 7.08. The number of hydrogen-bond acceptors (Lipinski definition) is 8. The molecule has 2 heterocycles. The van der Waals surface area contributed by atoms with Crippen LogP contribution in [-0.4, -0.2) is 94.3 Å². The summed E-state index contributed by atoms with van der Waals surface area (Å²) in [4.78, 5) is 27.0. The van der Waals surface area contributed by atoms with Gasteiger partial charge in [0.2, 0.25) is 10.0 Å². The highest BCUT2D eigenvalue weighted by Crippen LogP contribution is 2.29. The number of rotatable bonds is 6. The first kappa shape index (κ1) is 24.4. The van der Waals surface area contributed by atoms with E-state index in [2.05, 4.69) is 0 Å². The third kappa shape index (κ3) is 5.40. The average Bonchev–Trinajstić information content (AvgIpc) is 2.77. The molecule has 10 nitrogen and oxygen atoms in total. The first-order valence-electron chi connectivity index (χ1n) is 10.5. The lowest BCUT2D eigenvalue weighted by atomic mass is 10.2. The summed E-state index contributed by atoms with van der Waals surface area (Å²) in [5, 5.41) is 0. The Morgan fingerprint density at radius 2 is 1.75 bits per heavy atom. The Hall–Kier alpha value is -2.21. The molecule has 2 saturated heterocycles. The molecule has 2 aliphatic heterocycles. The minimum Gasteiger partial charge on any atom is -0.495 e. The topological polar surface area (TPSA) is 112 Å². The Balaban J connectivity index is 1.76. The van der Waals surface area contributed by atoms with Crippen LogP contribution in [0.2, 0.25) is 0 Å². The van der Waals surface area contributed by atoms with E-state index in [1.165, 1.54) is 36.5 Å². The van der Waals surface area contributed by atoms with E-state index in [-0.39, 0.29) is 47.4 Å². The maximum Gasteiger partial charge on any atom is 0.338 e. The zero-order valence-electron chi connectivity index (χ0n) is 18.8. The molecule has 2 aliphatic rings. The fourth-order valence-corrected chi connectivity index (χ4v) is 5.41. The largest absolute Gasteiger partial charge is 0.495 e. The van der Waals surface area contributed by atoms with Gasteiger partial charge in [-0.25, -0.2) is 13.2 Å². The lowest BCUT2D eigenvalue weighted by Gasteiger charge is -2.36. The molecule has 0 aromatic heterocycles. The van der Waals surface area contributed by atoms with Crippen LogP contribution in [0.25, 0.3) is 0 Å². The maximum absolute atomic E-state index is 13.1. The zero-order chi connectivity index (χ0) is 23.5. The van der Waals surface area contributed by atoms with Crippen molar-refractivity contribution in [2.45, 2.75) is 44.0 Å². The van der Waals surface area contributed by atoms with Crippen molar-refractivity contribution in [1.29, 1.82) is 0 Å². The van der Waals surface area contributed by atoms with Crippen molar-refractivity contribution in [3.8, 4) is 5.75 Å². The van der Waals surface area contributed by atoms with Crippen LogP contribution in [0.3, 0.4) is 0 Å². The van der Waals surface area contributed by atoms with E-state index in [0.29, 0.717) is 26.3 Å². The molecule has 32 heavy (non-hydrogen) atoms. The molecule has 0 spiro atoms. The molecule has 0 aliphatic carbocycles. The standard InChI is InChI=1S/C21H30N2O8S/c1-14-12-22(13-15(2)30-14)20(24)16(3)31-21(25)17-5-6-18(28-4)19(11-17)32(26,27)23-7-9-29-10-8-23/h5-6,11,14-16H,7-10,12-13H2,1-4H3. The van der Waals surface area contributed by atoms with E-state index in [1.54, 1.807) is 4.90 Å². The van der Waals surface area contributed by atoms with E-state index in [1.807, 2.05) is 13.8 Å². The zero-order valence-corrected chi connectivity index (χ0v) is 19.6. The molecule has 1 amide bonds. The van der Waals surface area contributed by atoms with Gasteiger partial charge in [-0.05, 0) is 39.0 Å². The Morgan fingerprint density at radius 3 is 2.34 bits per heavy atom. The summed E-state index contributed by atoms with van der Waals surface area (Å²) in [7, 11) is -2.55. The summed E-state index contributed by atoms with van der Waals surface area (Å²) in [5.41, 5.74) is 0.0148. The summed E-state index contributed by atoms with van der Waals surface area (Å²) in [5.74, 6) is -0.996. The van der Waals surface area contributed by atoms with Crippen molar-refractivity contribution >= 4 is 21.9 Å². The highest BCUT2D eigenvalue weighted by molar-refractivity contribution is 7.89. The second kappa shape index (κ2) is 10.2. The lowest BCUT2D eigenvalue weighted by molar-refractivity contribution is -0.151. The molecular formula is C21H30N2O8S. The molecule has 0 saturated carbocycles. The van der Waals surface area contributed by atoms with Gasteiger partial charge in [0.15, 0.2) is 6.10 Å². The average molecular weight is 471 g/mol. The van der Waals surface area contributed by atoms with Crippen LogP contribution in [0, 0.1) is 0 Å². The van der Waals surface area contributed by atoms with E-state index in [9.17, 15) is 18.0 Å². The Bertz CT molecular complexity index is 935. The third-order valence-corrected chi connectivity index (χ3v) is 7.27. The molecule has 1 aromatic carbocycles. The van der Waals surface area contributed by atoms with Gasteiger partial charge in [-0.2, -0.15) is 4.31 Å². The number of carbonyl (C=O) groups is 2. The van der Waals surface area contributed by atoms with Crippen LogP contribution in [0.5, 0.6) is 5.75 Å². The predicted molar refractivity (Wildman–Crippen MR) is 114 cm³/mol. The number of ether oxygens (including phenoxy) is 4. The quantitative estimate of drug-likeness (QED) is 0.564. The molecule has 3 atom stereocenters. The minimum absolute atomic E-state index is 0.0148. The molecule has 178 valence electrons. The van der Waals surface area contributed by atoms with Gasteiger partial charge in [-0.3, -0.25) is 4.79 Å². The summed E-state index contributed by atoms with van der Waals surface area (Å²) < 4.78 is 48.9. The van der Waals surface area contributed by atoms with Crippen molar-refractivity contribution in [2.75, 3.05) is 46.5 Å². The first-order valence-corrected chi connectivity index (χ1v) is 12.0. The minimum atomic E-state index is -3.90. The van der Waals surface area contributed by atoms with Gasteiger partial charge in [-0.15, -0.1) is 0 Å². The number of amides is 1. The molecule has 0 bridgehead atoms. The molecule has 2 fully saturated rings. The smallest absolute Gasteiger partial charge is 0.338 e. The predicted octanol–water partition coefficient (Wildman–Crippen LogP) is 0.897. The second-order valence-electron chi connectivity index (χ2n) is 7.93. The normalized spacial score (nSPS) is 23.4. The van der Waals surface area contributed by atoms with E-state index >= 15 is 0 Å². The number of esters is 1. The van der Waals surface area contributed by atoms with Crippen LogP contribution in [0.1, 0.15) is 31.1 Å². The van der Waals surface area contributed by atoms with Crippen LogP contribution in [0.4, 0.5) is 0 Å². The number of sulfonamides is 1. The molecular weight excluding hydrogens is 440 g/mol. The fourth-order valence-electron chi connectivity index (χ4n) is 3.83. The number of methoxy groups -OCH3 is 1. The first-order chi connectivity index (χ1) is 15.1. The van der Waals surface area contributed by atoms with Gasteiger partial charge in [0.25, 0.3) is 5.91 Å². The summed E-state index contributed by atoms with van der Waals surface area (Å²) in [6, 6.07) is 4.04. The van der Waals surface area contributed by atoms with E-state index < -0.39 is 22.1 Å². The van der Waals surface area contributed by atoms with Gasteiger partial charge in [0, 0.05) is 26.2 Å². The maximum atomic E-state index is 13.1. The summed E-state index contributed by atoms with van der Waals surface area (Å²) >= 11 is 0. The van der Waals surface area contributed by atoms with Crippen molar-refractivity contribution in [2.24, 2.45) is 0 Å². The molecule has 3 unspecified atom stereocenters. The Morgan fingerprint density at radius 1 is 1.12 bits per heavy atom. The molecule has 1 aromatic rings. The van der Waals surface area contributed by atoms with Gasteiger partial charge in [-0.1, -0.05) is 0 Å². The molecule has 0 radical (unpaired) electrons. The van der Waals surface area contributed by atoms with Crippen LogP contribution in [0.15, 0.2) is 23.1 Å².